The van der Waals surface area contributed by atoms with Crippen LogP contribution in [0.5, 0.6) is 11.5 Å². The van der Waals surface area contributed by atoms with Crippen molar-refractivity contribution in [1.82, 2.24) is 9.58 Å². The first-order valence-corrected chi connectivity index (χ1v) is 14.6. The quantitative estimate of drug-likeness (QED) is 0.176. The maximum absolute atomic E-state index is 13.1. The summed E-state index contributed by atoms with van der Waals surface area (Å²) >= 11 is 1.25. The zero-order valence-corrected chi connectivity index (χ0v) is 24.6. The maximum atomic E-state index is 13.1. The van der Waals surface area contributed by atoms with Gasteiger partial charge in [-0.25, -0.2) is 0 Å². The summed E-state index contributed by atoms with van der Waals surface area (Å²) in [6.07, 6.45) is 4.59. The van der Waals surface area contributed by atoms with Crippen LogP contribution in [0.2, 0.25) is 0 Å². The van der Waals surface area contributed by atoms with Gasteiger partial charge in [0.05, 0.1) is 12.2 Å². The average molecular weight is 578 g/mol. The molecule has 0 radical (unpaired) electrons. The van der Waals surface area contributed by atoms with Crippen molar-refractivity contribution in [1.29, 1.82) is 5.41 Å². The van der Waals surface area contributed by atoms with Crippen LogP contribution < -0.4 is 9.47 Å². The number of benzene rings is 3. The summed E-state index contributed by atoms with van der Waals surface area (Å²) in [6.45, 7) is 7.73. The van der Waals surface area contributed by atoms with Crippen LogP contribution in [0.25, 0.3) is 17.0 Å². The van der Waals surface area contributed by atoms with Crippen LogP contribution in [0.4, 0.5) is 0 Å². The van der Waals surface area contributed by atoms with E-state index in [-0.39, 0.29) is 18.0 Å². The predicted octanol–water partition coefficient (Wildman–Crippen LogP) is 6.73. The number of aliphatic imine (C=N–C) groups is 1. The third-order valence-corrected chi connectivity index (χ3v) is 8.23. The van der Waals surface area contributed by atoms with Gasteiger partial charge in [0, 0.05) is 29.2 Å². The summed E-state index contributed by atoms with van der Waals surface area (Å²) in [5.74, 6) is 1.20. The Morgan fingerprint density at radius 3 is 2.60 bits per heavy atom. The van der Waals surface area contributed by atoms with Crippen molar-refractivity contribution in [3.63, 3.8) is 0 Å². The minimum absolute atomic E-state index is 0.00186. The molecule has 0 aliphatic carbocycles. The van der Waals surface area contributed by atoms with Crippen LogP contribution in [0.15, 0.2) is 88.6 Å². The number of nitrogens with one attached hydrogen (secondary N) is 1. The van der Waals surface area contributed by atoms with Crippen molar-refractivity contribution in [2.24, 2.45) is 10.1 Å². The van der Waals surface area contributed by atoms with Crippen LogP contribution in [-0.4, -0.2) is 44.7 Å². The largest absolute Gasteiger partial charge is 0.494 e. The number of rotatable bonds is 9. The fourth-order valence-electron chi connectivity index (χ4n) is 4.91. The molecule has 3 aromatic carbocycles. The van der Waals surface area contributed by atoms with E-state index < -0.39 is 5.91 Å². The average Bonchev–Trinajstić information content (AvgIpc) is 3.56. The van der Waals surface area contributed by atoms with Gasteiger partial charge in [0.1, 0.15) is 23.1 Å². The molecule has 4 aromatic rings. The smallest absolute Gasteiger partial charge is 0.283 e. The monoisotopic (exact) mass is 577 g/mol. The first-order valence-electron chi connectivity index (χ1n) is 13.8. The van der Waals surface area contributed by atoms with Crippen molar-refractivity contribution in [2.75, 3.05) is 13.2 Å². The number of para-hydroxylation sites is 2. The second-order valence-electron chi connectivity index (χ2n) is 10.3. The number of aromatic nitrogens is 1. The van der Waals surface area contributed by atoms with E-state index in [9.17, 15) is 4.79 Å². The number of carbonyl (C=O) groups excluding carboxylic acids is 1. The summed E-state index contributed by atoms with van der Waals surface area (Å²) < 4.78 is 14.1. The minimum atomic E-state index is -0.450. The lowest BCUT2D eigenvalue weighted by Gasteiger charge is -2.20. The van der Waals surface area contributed by atoms with Crippen molar-refractivity contribution < 1.29 is 14.3 Å². The second kappa shape index (κ2) is 11.7. The summed E-state index contributed by atoms with van der Waals surface area (Å²) in [5.41, 5.74) is 5.59. The number of carbonyl (C=O) groups is 1. The molecule has 0 unspecified atom stereocenters. The lowest BCUT2D eigenvalue weighted by atomic mass is 10.1. The van der Waals surface area contributed by atoms with Gasteiger partial charge in [-0.3, -0.25) is 10.2 Å². The number of fused-ring (bicyclic) bond motifs is 2. The maximum Gasteiger partial charge on any atom is 0.283 e. The molecule has 1 aromatic heterocycles. The van der Waals surface area contributed by atoms with E-state index in [0.717, 1.165) is 46.5 Å². The Hall–Kier alpha value is -4.63. The topological polar surface area (TPSA) is 92.3 Å². The molecule has 2 aliphatic heterocycles. The Labute approximate surface area is 248 Å². The van der Waals surface area contributed by atoms with Crippen LogP contribution in [0.1, 0.15) is 28.7 Å². The molecule has 1 amide bonds. The molecule has 8 nitrogen and oxygen atoms in total. The normalized spacial score (nSPS) is 15.7. The fraction of sp³-hybridized carbons (Fsp3) is 0.212. The number of nitrogens with zero attached hydrogens (tertiary/aromatic N) is 4. The van der Waals surface area contributed by atoms with E-state index in [2.05, 4.69) is 46.7 Å². The third-order valence-electron chi connectivity index (χ3n) is 7.35. The van der Waals surface area contributed by atoms with Crippen molar-refractivity contribution in [3.05, 3.63) is 101 Å². The van der Waals surface area contributed by atoms with Crippen LogP contribution in [0, 0.1) is 26.2 Å². The van der Waals surface area contributed by atoms with E-state index in [1.165, 1.54) is 27.9 Å². The minimum Gasteiger partial charge on any atom is -0.494 e. The van der Waals surface area contributed by atoms with Gasteiger partial charge in [0.15, 0.2) is 5.84 Å². The molecule has 2 aliphatic rings. The SMILES string of the molecule is Cc1ccc(OCCCn2cc(/C=C3/C(=N)N4N=C(COc5ccccc5C)SC4=NC3=O)c3ccccc32)cc1C. The van der Waals surface area contributed by atoms with Gasteiger partial charge in [0.2, 0.25) is 5.17 Å². The molecule has 0 saturated carbocycles. The Balaban J connectivity index is 1.17. The number of hydrazone groups is 1. The van der Waals surface area contributed by atoms with E-state index >= 15 is 0 Å². The summed E-state index contributed by atoms with van der Waals surface area (Å²) in [7, 11) is 0. The van der Waals surface area contributed by atoms with Crippen LogP contribution in [-0.2, 0) is 11.3 Å². The highest BCUT2D eigenvalue weighted by Gasteiger charge is 2.36. The van der Waals surface area contributed by atoms with Crippen molar-refractivity contribution in [3.8, 4) is 11.5 Å². The van der Waals surface area contributed by atoms with Gasteiger partial charge in [-0.05, 0) is 86.0 Å². The van der Waals surface area contributed by atoms with Gasteiger partial charge in [0.25, 0.3) is 5.91 Å². The van der Waals surface area contributed by atoms with Crippen molar-refractivity contribution in [2.45, 2.75) is 33.7 Å². The molecule has 1 N–H and O–H groups in total. The predicted molar refractivity (Wildman–Crippen MR) is 170 cm³/mol. The van der Waals surface area contributed by atoms with Crippen LogP contribution >= 0.6 is 11.8 Å². The zero-order valence-electron chi connectivity index (χ0n) is 23.8. The summed E-state index contributed by atoms with van der Waals surface area (Å²) in [6, 6.07) is 22.0. The molecular weight excluding hydrogens is 546 g/mol. The standard InChI is InChI=1S/C33H31N5O3S/c1-21-13-14-25(17-23(21)3)40-16-8-15-37-19-24(26-10-5-6-11-28(26)37)18-27-31(34)38-33(35-32(27)39)42-30(36-38)20-41-29-12-7-4-9-22(29)2/h4-7,9-14,17-19,34H,8,15-16,20H2,1-3H3/b27-18-,34-31?. The Kier molecular flexibility index (Phi) is 7.67. The fourth-order valence-corrected chi connectivity index (χ4v) is 5.71. The Morgan fingerprint density at radius 2 is 1.76 bits per heavy atom. The van der Waals surface area contributed by atoms with E-state index in [1.54, 1.807) is 6.08 Å². The van der Waals surface area contributed by atoms with Gasteiger partial charge >= 0.3 is 0 Å². The highest BCUT2D eigenvalue weighted by Crippen LogP contribution is 2.31. The molecule has 0 fully saturated rings. The third kappa shape index (κ3) is 5.60. The number of thioether (sulfide) groups is 1. The lowest BCUT2D eigenvalue weighted by molar-refractivity contribution is -0.114. The summed E-state index contributed by atoms with van der Waals surface area (Å²) in [5, 5.41) is 16.8. The van der Waals surface area contributed by atoms with Gasteiger partial charge in [-0.1, -0.05) is 42.5 Å². The molecule has 0 bridgehead atoms. The second-order valence-corrected chi connectivity index (χ2v) is 11.4. The van der Waals surface area contributed by atoms with Gasteiger partial charge in [-0.15, -0.1) is 0 Å². The molecule has 3 heterocycles. The number of amides is 1. The number of aryl methyl sites for hydroxylation is 4. The molecule has 0 atom stereocenters. The molecule has 6 rings (SSSR count). The zero-order chi connectivity index (χ0) is 29.2. The molecule has 212 valence electrons. The number of ether oxygens (including phenoxy) is 2. The van der Waals surface area contributed by atoms with Crippen LogP contribution in [0.3, 0.4) is 0 Å². The first-order chi connectivity index (χ1) is 20.4. The molecule has 0 spiro atoms. The molecule has 42 heavy (non-hydrogen) atoms. The highest BCUT2D eigenvalue weighted by molar-refractivity contribution is 8.27. The number of amidine groups is 2. The Bertz CT molecular complexity index is 1800. The lowest BCUT2D eigenvalue weighted by Crippen LogP contribution is -2.35. The number of hydrogen-bond acceptors (Lipinski definition) is 6. The van der Waals surface area contributed by atoms with E-state index in [4.69, 9.17) is 14.9 Å². The van der Waals surface area contributed by atoms with E-state index in [0.29, 0.717) is 16.8 Å². The summed E-state index contributed by atoms with van der Waals surface area (Å²) in [4.78, 5) is 17.3. The van der Waals surface area contributed by atoms with Gasteiger partial charge in [-0.2, -0.15) is 15.1 Å². The molecule has 9 heteroatoms. The highest BCUT2D eigenvalue weighted by atomic mass is 32.2. The molecule has 0 saturated heterocycles. The number of hydrogen-bond donors (Lipinski definition) is 1. The molecular formula is C33H31N5O3S. The van der Waals surface area contributed by atoms with Crippen molar-refractivity contribution >= 4 is 50.7 Å². The Morgan fingerprint density at radius 1 is 0.952 bits per heavy atom. The first kappa shape index (κ1) is 27.5. The van der Waals surface area contributed by atoms with E-state index in [1.807, 2.05) is 61.7 Å². The van der Waals surface area contributed by atoms with Gasteiger partial charge < -0.3 is 14.0 Å².